The average molecular weight is 231 g/mol. The normalized spacial score (nSPS) is 36.8. The number of fused-ring (bicyclic) bond motifs is 2. The molecule has 1 aromatic carbocycles. The van der Waals surface area contributed by atoms with Crippen molar-refractivity contribution in [2.75, 3.05) is 0 Å². The van der Waals surface area contributed by atoms with Crippen LogP contribution in [-0.4, -0.2) is 17.2 Å². The van der Waals surface area contributed by atoms with Crippen molar-refractivity contribution in [3.05, 3.63) is 35.4 Å². The van der Waals surface area contributed by atoms with Crippen LogP contribution in [0.3, 0.4) is 0 Å². The largest absolute Gasteiger partial charge is 0.385 e. The maximum absolute atomic E-state index is 10.9. The molecule has 2 atom stereocenters. The van der Waals surface area contributed by atoms with E-state index < -0.39 is 5.60 Å². The van der Waals surface area contributed by atoms with E-state index in [0.29, 0.717) is 12.1 Å². The van der Waals surface area contributed by atoms with E-state index >= 15 is 0 Å². The molecule has 2 N–H and O–H groups in total. The molecule has 2 heterocycles. The highest BCUT2D eigenvalue weighted by molar-refractivity contribution is 5.28. The van der Waals surface area contributed by atoms with Gasteiger partial charge in [-0.05, 0) is 38.2 Å². The van der Waals surface area contributed by atoms with E-state index in [1.807, 2.05) is 0 Å². The maximum Gasteiger partial charge on any atom is 0.0926 e. The highest BCUT2D eigenvalue weighted by atomic mass is 16.3. The molecule has 2 aliphatic heterocycles. The Labute approximate surface area is 103 Å². The van der Waals surface area contributed by atoms with Gasteiger partial charge in [0.05, 0.1) is 5.60 Å². The summed E-state index contributed by atoms with van der Waals surface area (Å²) in [5.74, 6) is 0. The minimum Gasteiger partial charge on any atom is -0.385 e. The molecule has 2 nitrogen and oxygen atoms in total. The third kappa shape index (κ3) is 2.12. The van der Waals surface area contributed by atoms with Crippen LogP contribution in [0.4, 0.5) is 0 Å². The molecule has 0 radical (unpaired) electrons. The quantitative estimate of drug-likeness (QED) is 0.778. The van der Waals surface area contributed by atoms with E-state index in [4.69, 9.17) is 0 Å². The molecular formula is C15H21NO. The van der Waals surface area contributed by atoms with Crippen LogP contribution >= 0.6 is 0 Å². The molecule has 0 aliphatic carbocycles. The van der Waals surface area contributed by atoms with Crippen molar-refractivity contribution in [1.29, 1.82) is 0 Å². The van der Waals surface area contributed by atoms with Gasteiger partial charge in [0.25, 0.3) is 0 Å². The molecular weight excluding hydrogens is 210 g/mol. The minimum absolute atomic E-state index is 0.507. The second-order valence-electron chi connectivity index (χ2n) is 5.80. The molecule has 3 rings (SSSR count). The third-order valence-corrected chi connectivity index (χ3v) is 4.30. The molecule has 2 aliphatic rings. The molecule has 2 unspecified atom stereocenters. The van der Waals surface area contributed by atoms with Crippen molar-refractivity contribution < 1.29 is 5.11 Å². The van der Waals surface area contributed by atoms with Gasteiger partial charge >= 0.3 is 0 Å². The van der Waals surface area contributed by atoms with Gasteiger partial charge in [-0.2, -0.15) is 0 Å². The zero-order valence-electron chi connectivity index (χ0n) is 10.4. The van der Waals surface area contributed by atoms with Crippen LogP contribution in [0.25, 0.3) is 0 Å². The van der Waals surface area contributed by atoms with Crippen LogP contribution in [0.1, 0.15) is 43.2 Å². The van der Waals surface area contributed by atoms with Crippen molar-refractivity contribution in [2.24, 2.45) is 0 Å². The second-order valence-corrected chi connectivity index (χ2v) is 5.80. The second kappa shape index (κ2) is 4.11. The summed E-state index contributed by atoms with van der Waals surface area (Å²) in [4.78, 5) is 0. The van der Waals surface area contributed by atoms with E-state index in [0.717, 1.165) is 18.4 Å². The Hall–Kier alpha value is -0.860. The molecule has 2 bridgehead atoms. The molecule has 2 saturated heterocycles. The lowest BCUT2D eigenvalue weighted by molar-refractivity contribution is -0.0359. The van der Waals surface area contributed by atoms with Gasteiger partial charge in [-0.3, -0.25) is 0 Å². The van der Waals surface area contributed by atoms with Gasteiger partial charge in [0.1, 0.15) is 0 Å². The maximum atomic E-state index is 10.9. The summed E-state index contributed by atoms with van der Waals surface area (Å²) >= 11 is 0. The van der Waals surface area contributed by atoms with Crippen LogP contribution in [0.2, 0.25) is 0 Å². The number of benzene rings is 1. The first-order valence-electron chi connectivity index (χ1n) is 6.71. The molecule has 92 valence electrons. The molecule has 2 fully saturated rings. The predicted octanol–water partition coefficient (Wildman–Crippen LogP) is 2.49. The van der Waals surface area contributed by atoms with Gasteiger partial charge < -0.3 is 10.4 Å². The number of aryl methyl sites for hydroxylation is 1. The Morgan fingerprint density at radius 3 is 2.59 bits per heavy atom. The first-order chi connectivity index (χ1) is 8.16. The standard InChI is InChI=1S/C15H21NO/c1-11-4-2-5-12(8-11)15(17)9-13-6-3-7-14(10-15)16-13/h2,4-5,8,13-14,16-17H,3,6-7,9-10H2,1H3. The summed E-state index contributed by atoms with van der Waals surface area (Å²) in [6, 6.07) is 9.38. The number of hydrogen-bond donors (Lipinski definition) is 2. The van der Waals surface area contributed by atoms with Gasteiger partial charge in [-0.25, -0.2) is 0 Å². The molecule has 0 spiro atoms. The molecule has 2 heteroatoms. The first kappa shape index (κ1) is 11.2. The Morgan fingerprint density at radius 1 is 1.24 bits per heavy atom. The van der Waals surface area contributed by atoms with E-state index in [1.165, 1.54) is 24.8 Å². The van der Waals surface area contributed by atoms with Crippen LogP contribution in [0, 0.1) is 6.92 Å². The summed E-state index contributed by atoms with van der Waals surface area (Å²) < 4.78 is 0. The minimum atomic E-state index is -0.604. The van der Waals surface area contributed by atoms with Gasteiger partial charge in [0.2, 0.25) is 0 Å². The van der Waals surface area contributed by atoms with E-state index in [-0.39, 0.29) is 0 Å². The predicted molar refractivity (Wildman–Crippen MR) is 68.9 cm³/mol. The van der Waals surface area contributed by atoms with Crippen LogP contribution < -0.4 is 5.32 Å². The van der Waals surface area contributed by atoms with E-state index in [9.17, 15) is 5.11 Å². The lowest BCUT2D eigenvalue weighted by atomic mass is 9.74. The fourth-order valence-electron chi connectivity index (χ4n) is 3.50. The van der Waals surface area contributed by atoms with Gasteiger partial charge in [-0.1, -0.05) is 36.2 Å². The Morgan fingerprint density at radius 2 is 1.94 bits per heavy atom. The van der Waals surface area contributed by atoms with Crippen LogP contribution in [0.15, 0.2) is 24.3 Å². The number of rotatable bonds is 1. The topological polar surface area (TPSA) is 32.3 Å². The van der Waals surface area contributed by atoms with Gasteiger partial charge in [-0.15, -0.1) is 0 Å². The number of hydrogen-bond acceptors (Lipinski definition) is 2. The monoisotopic (exact) mass is 231 g/mol. The molecule has 17 heavy (non-hydrogen) atoms. The zero-order chi connectivity index (χ0) is 11.9. The average Bonchev–Trinajstić information content (AvgIpc) is 2.28. The van der Waals surface area contributed by atoms with Crippen molar-refractivity contribution in [2.45, 2.75) is 56.7 Å². The molecule has 1 aromatic rings. The van der Waals surface area contributed by atoms with Crippen molar-refractivity contribution in [3.63, 3.8) is 0 Å². The lowest BCUT2D eigenvalue weighted by Crippen LogP contribution is -2.54. The third-order valence-electron chi connectivity index (χ3n) is 4.30. The highest BCUT2D eigenvalue weighted by Gasteiger charge is 2.41. The summed E-state index contributed by atoms with van der Waals surface area (Å²) in [6.45, 7) is 2.09. The highest BCUT2D eigenvalue weighted by Crippen LogP contribution is 2.39. The Kier molecular flexibility index (Phi) is 2.72. The van der Waals surface area contributed by atoms with Gasteiger partial charge in [0.15, 0.2) is 0 Å². The Balaban J connectivity index is 1.90. The number of aliphatic hydroxyl groups is 1. The van der Waals surface area contributed by atoms with E-state index in [1.54, 1.807) is 0 Å². The smallest absolute Gasteiger partial charge is 0.0926 e. The van der Waals surface area contributed by atoms with Crippen LogP contribution in [0.5, 0.6) is 0 Å². The lowest BCUT2D eigenvalue weighted by Gasteiger charge is -2.45. The first-order valence-corrected chi connectivity index (χ1v) is 6.71. The number of nitrogens with one attached hydrogen (secondary N) is 1. The van der Waals surface area contributed by atoms with Crippen molar-refractivity contribution in [1.82, 2.24) is 5.32 Å². The molecule has 0 amide bonds. The summed E-state index contributed by atoms with van der Waals surface area (Å²) in [7, 11) is 0. The van der Waals surface area contributed by atoms with Crippen molar-refractivity contribution in [3.8, 4) is 0 Å². The molecule has 0 saturated carbocycles. The fraction of sp³-hybridized carbons (Fsp3) is 0.600. The van der Waals surface area contributed by atoms with Crippen LogP contribution in [-0.2, 0) is 5.60 Å². The van der Waals surface area contributed by atoms with Crippen molar-refractivity contribution >= 4 is 0 Å². The summed E-state index contributed by atoms with van der Waals surface area (Å²) in [6.07, 6.45) is 5.47. The summed E-state index contributed by atoms with van der Waals surface area (Å²) in [5.41, 5.74) is 1.74. The summed E-state index contributed by atoms with van der Waals surface area (Å²) in [5, 5.41) is 14.6. The SMILES string of the molecule is Cc1cccc(C2(O)CC3CCCC(C2)N3)c1. The Bertz CT molecular complexity index is 403. The fourth-order valence-corrected chi connectivity index (χ4v) is 3.50. The number of piperidine rings is 2. The van der Waals surface area contributed by atoms with E-state index in [2.05, 4.69) is 36.5 Å². The zero-order valence-corrected chi connectivity index (χ0v) is 10.4. The molecule has 0 aromatic heterocycles. The van der Waals surface area contributed by atoms with Gasteiger partial charge in [0, 0.05) is 12.1 Å².